The van der Waals surface area contributed by atoms with E-state index in [0.717, 1.165) is 69.0 Å². The van der Waals surface area contributed by atoms with Crippen molar-refractivity contribution in [3.63, 3.8) is 0 Å². The van der Waals surface area contributed by atoms with E-state index in [1.807, 2.05) is 24.3 Å². The summed E-state index contributed by atoms with van der Waals surface area (Å²) in [6, 6.07) is 20.2. The van der Waals surface area contributed by atoms with Crippen molar-refractivity contribution in [2.45, 2.75) is 79.8 Å². The van der Waals surface area contributed by atoms with Gasteiger partial charge >= 0.3 is 6.16 Å². The number of nitrogens with zero attached hydrogens (tertiary/aromatic N) is 4. The van der Waals surface area contributed by atoms with Crippen molar-refractivity contribution in [1.29, 1.82) is 0 Å². The van der Waals surface area contributed by atoms with E-state index in [4.69, 9.17) is 19.8 Å². The first-order valence-electron chi connectivity index (χ1n) is 14.8. The van der Waals surface area contributed by atoms with Crippen LogP contribution in [0.4, 0.5) is 4.79 Å². The Morgan fingerprint density at radius 1 is 0.952 bits per heavy atom. The monoisotopic (exact) mass is 564 g/mol. The Hall–Kier alpha value is -4.39. The molecule has 0 unspecified atom stereocenters. The maximum absolute atomic E-state index is 11.2. The molecule has 218 valence electrons. The van der Waals surface area contributed by atoms with E-state index in [9.17, 15) is 4.79 Å². The molecule has 2 aromatic heterocycles. The van der Waals surface area contributed by atoms with E-state index in [2.05, 4.69) is 81.9 Å². The summed E-state index contributed by atoms with van der Waals surface area (Å²) in [5.41, 5.74) is 9.54. The maximum atomic E-state index is 11.2. The third kappa shape index (κ3) is 5.56. The summed E-state index contributed by atoms with van der Waals surface area (Å²) in [5.74, 6) is 2.75. The first kappa shape index (κ1) is 29.1. The minimum Gasteiger partial charge on any atom is -0.449 e. The van der Waals surface area contributed by atoms with Crippen molar-refractivity contribution in [3.05, 3.63) is 89.0 Å². The number of aryl methyl sites for hydroxylation is 2. The fourth-order valence-electron chi connectivity index (χ4n) is 5.93. The number of benzene rings is 3. The zero-order valence-electron chi connectivity index (χ0n) is 25.6. The Kier molecular flexibility index (Phi) is 8.21. The van der Waals surface area contributed by atoms with E-state index in [-0.39, 0.29) is 0 Å². The van der Waals surface area contributed by atoms with Crippen LogP contribution in [0.25, 0.3) is 33.5 Å². The van der Waals surface area contributed by atoms with Gasteiger partial charge in [-0.25, -0.2) is 14.8 Å². The summed E-state index contributed by atoms with van der Waals surface area (Å²) in [7, 11) is 0. The predicted molar refractivity (Wildman–Crippen MR) is 169 cm³/mol. The molecule has 0 saturated heterocycles. The summed E-state index contributed by atoms with van der Waals surface area (Å²) in [6.07, 6.45) is 0.567. The highest BCUT2D eigenvalue weighted by Gasteiger charge is 2.22. The second-order valence-electron chi connectivity index (χ2n) is 11.6. The molecule has 0 amide bonds. The lowest BCUT2D eigenvalue weighted by Gasteiger charge is -2.16. The third-order valence-electron chi connectivity index (χ3n) is 7.80. The molecule has 3 aromatic carbocycles. The van der Waals surface area contributed by atoms with Crippen LogP contribution in [0.1, 0.15) is 81.3 Å². The smallest absolute Gasteiger partial charge is 0.449 e. The zero-order valence-corrected chi connectivity index (χ0v) is 25.6. The second kappa shape index (κ2) is 11.8. The molecule has 0 saturated carbocycles. The van der Waals surface area contributed by atoms with Gasteiger partial charge in [-0.2, -0.15) is 0 Å². The molecule has 5 rings (SSSR count). The van der Waals surface area contributed by atoms with Crippen LogP contribution in [0.3, 0.4) is 0 Å². The molecule has 7 nitrogen and oxygen atoms in total. The predicted octanol–water partition coefficient (Wildman–Crippen LogP) is 8.95. The van der Waals surface area contributed by atoms with Gasteiger partial charge in [-0.3, -0.25) is 0 Å². The average Bonchev–Trinajstić information content (AvgIpc) is 3.47. The van der Waals surface area contributed by atoms with Gasteiger partial charge < -0.3 is 19.0 Å². The van der Waals surface area contributed by atoms with Gasteiger partial charge in [0, 0.05) is 35.8 Å². The first-order chi connectivity index (χ1) is 20.1. The Bertz CT molecular complexity index is 1740. The number of carbonyl (C=O) groups is 1. The number of imidazole rings is 2. The maximum Gasteiger partial charge on any atom is 0.511 e. The van der Waals surface area contributed by atoms with E-state index >= 15 is 0 Å². The van der Waals surface area contributed by atoms with Crippen molar-refractivity contribution in [2.75, 3.05) is 0 Å². The van der Waals surface area contributed by atoms with E-state index in [0.29, 0.717) is 24.3 Å². The van der Waals surface area contributed by atoms with Crippen LogP contribution in [-0.4, -0.2) is 30.4 Å². The van der Waals surface area contributed by atoms with Gasteiger partial charge in [0.25, 0.3) is 0 Å². The lowest BCUT2D eigenvalue weighted by molar-refractivity contribution is 0.144. The SMILES string of the molecule is CCCc1nc2c(C)cc(-c3nc(C(C)C)c(C)n3C(C)C)cc2n1Cc1ccc(-c2ccccc2OC(=O)O)cc1. The topological polar surface area (TPSA) is 82.2 Å². The number of fused-ring (bicyclic) bond motifs is 1. The summed E-state index contributed by atoms with van der Waals surface area (Å²) in [4.78, 5) is 21.4. The van der Waals surface area contributed by atoms with Crippen LogP contribution in [0.5, 0.6) is 5.75 Å². The molecule has 5 aromatic rings. The standard InChI is InChI=1S/C35H40N4O3/c1-8-11-31-36-33-23(6)18-27(34-37-32(21(2)3)24(7)39(34)22(4)5)19-29(33)38(31)20-25-14-16-26(17-15-25)28-12-9-10-13-30(28)42-35(40)41/h9-10,12-19,21-22H,8,11,20H2,1-7H3,(H,40,41). The molecule has 0 aliphatic carbocycles. The van der Waals surface area contributed by atoms with Crippen LogP contribution >= 0.6 is 0 Å². The summed E-state index contributed by atoms with van der Waals surface area (Å²) < 4.78 is 9.70. The Balaban J connectivity index is 1.58. The molecular weight excluding hydrogens is 524 g/mol. The molecule has 2 heterocycles. The Morgan fingerprint density at radius 2 is 1.67 bits per heavy atom. The van der Waals surface area contributed by atoms with Crippen LogP contribution in [0.15, 0.2) is 60.7 Å². The number of hydrogen-bond acceptors (Lipinski definition) is 4. The fourth-order valence-corrected chi connectivity index (χ4v) is 5.93. The molecular formula is C35H40N4O3. The third-order valence-corrected chi connectivity index (χ3v) is 7.80. The average molecular weight is 565 g/mol. The van der Waals surface area contributed by atoms with Crippen LogP contribution in [0, 0.1) is 13.8 Å². The van der Waals surface area contributed by atoms with Gasteiger partial charge in [0.2, 0.25) is 0 Å². The van der Waals surface area contributed by atoms with Crippen LogP contribution in [-0.2, 0) is 13.0 Å². The van der Waals surface area contributed by atoms with Crippen LogP contribution in [0.2, 0.25) is 0 Å². The summed E-state index contributed by atoms with van der Waals surface area (Å²) in [6.45, 7) is 16.0. The van der Waals surface area contributed by atoms with Gasteiger partial charge in [-0.05, 0) is 74.9 Å². The zero-order chi connectivity index (χ0) is 30.1. The van der Waals surface area contributed by atoms with E-state index in [1.54, 1.807) is 12.1 Å². The quantitative estimate of drug-likeness (QED) is 0.143. The molecule has 0 aliphatic heterocycles. The summed E-state index contributed by atoms with van der Waals surface area (Å²) in [5, 5.41) is 9.14. The van der Waals surface area contributed by atoms with Crippen molar-refractivity contribution in [1.82, 2.24) is 19.1 Å². The molecule has 42 heavy (non-hydrogen) atoms. The van der Waals surface area contributed by atoms with Crippen molar-refractivity contribution < 1.29 is 14.6 Å². The van der Waals surface area contributed by atoms with E-state index in [1.165, 1.54) is 5.69 Å². The molecule has 0 radical (unpaired) electrons. The normalized spacial score (nSPS) is 11.6. The Morgan fingerprint density at radius 3 is 2.31 bits per heavy atom. The minimum atomic E-state index is -1.32. The molecule has 0 spiro atoms. The number of carboxylic acid groups (broad SMARTS) is 1. The Labute approximate surface area is 247 Å². The van der Waals surface area contributed by atoms with Crippen molar-refractivity contribution >= 4 is 17.2 Å². The molecule has 0 bridgehead atoms. The van der Waals surface area contributed by atoms with Gasteiger partial charge in [-0.15, -0.1) is 0 Å². The van der Waals surface area contributed by atoms with E-state index < -0.39 is 6.16 Å². The van der Waals surface area contributed by atoms with Crippen LogP contribution < -0.4 is 4.74 Å². The number of ether oxygens (including phenoxy) is 1. The highest BCUT2D eigenvalue weighted by molar-refractivity contribution is 5.85. The number of aromatic nitrogens is 4. The highest BCUT2D eigenvalue weighted by Crippen LogP contribution is 2.34. The van der Waals surface area contributed by atoms with Gasteiger partial charge in [0.15, 0.2) is 0 Å². The molecule has 1 N–H and O–H groups in total. The number of rotatable bonds is 9. The lowest BCUT2D eigenvalue weighted by Crippen LogP contribution is -2.07. The molecule has 7 heteroatoms. The largest absolute Gasteiger partial charge is 0.511 e. The summed E-state index contributed by atoms with van der Waals surface area (Å²) >= 11 is 0. The van der Waals surface area contributed by atoms with Gasteiger partial charge in [0.1, 0.15) is 17.4 Å². The fraction of sp³-hybridized carbons (Fsp3) is 0.343. The highest BCUT2D eigenvalue weighted by atomic mass is 16.7. The first-order valence-corrected chi connectivity index (χ1v) is 14.8. The van der Waals surface area contributed by atoms with Gasteiger partial charge in [0.05, 0.1) is 16.7 Å². The van der Waals surface area contributed by atoms with Gasteiger partial charge in [-0.1, -0.05) is 63.2 Å². The second-order valence-corrected chi connectivity index (χ2v) is 11.6. The number of para-hydroxylation sites is 1. The molecule has 0 aliphatic rings. The molecule has 0 fully saturated rings. The molecule has 0 atom stereocenters. The van der Waals surface area contributed by atoms with Crippen molar-refractivity contribution in [3.8, 4) is 28.3 Å². The number of hydrogen-bond donors (Lipinski definition) is 1. The lowest BCUT2D eigenvalue weighted by atomic mass is 10.0. The van der Waals surface area contributed by atoms with Crippen molar-refractivity contribution in [2.24, 2.45) is 0 Å². The minimum absolute atomic E-state index is 0.293.